The summed E-state index contributed by atoms with van der Waals surface area (Å²) < 4.78 is 5.00. The molecule has 0 spiro atoms. The molecule has 1 rings (SSSR count). The van der Waals surface area contributed by atoms with Crippen molar-refractivity contribution < 1.29 is 4.74 Å². The number of nitrogens with one attached hydrogen (secondary N) is 2. The van der Waals surface area contributed by atoms with Gasteiger partial charge in [0, 0.05) is 37.1 Å². The molecule has 19 heavy (non-hydrogen) atoms. The molecule has 0 unspecified atom stereocenters. The molecule has 0 aliphatic carbocycles. The molecule has 1 heterocycles. The van der Waals surface area contributed by atoms with Crippen LogP contribution in [0.1, 0.15) is 23.1 Å². The molecule has 0 radical (unpaired) electrons. The Morgan fingerprint density at radius 2 is 2.05 bits per heavy atom. The topological polar surface area (TPSA) is 45.7 Å². The highest BCUT2D eigenvalue weighted by Gasteiger charge is 2.00. The Morgan fingerprint density at radius 1 is 1.32 bits per heavy atom. The van der Waals surface area contributed by atoms with Crippen LogP contribution in [0.3, 0.4) is 0 Å². The van der Waals surface area contributed by atoms with E-state index in [4.69, 9.17) is 4.74 Å². The second kappa shape index (κ2) is 11.5. The number of aryl methyl sites for hydroxylation is 1. The van der Waals surface area contributed by atoms with Crippen molar-refractivity contribution in [1.82, 2.24) is 10.6 Å². The van der Waals surface area contributed by atoms with Gasteiger partial charge in [-0.3, -0.25) is 4.99 Å². The Hall–Kier alpha value is -0.340. The minimum absolute atomic E-state index is 0. The minimum Gasteiger partial charge on any atom is -0.385 e. The second-order valence-electron chi connectivity index (χ2n) is 3.92. The van der Waals surface area contributed by atoms with Crippen LogP contribution in [0.4, 0.5) is 0 Å². The monoisotopic (exact) mass is 397 g/mol. The van der Waals surface area contributed by atoms with Crippen molar-refractivity contribution in [3.05, 3.63) is 21.9 Å². The predicted octanol–water partition coefficient (Wildman–Crippen LogP) is 2.63. The maximum absolute atomic E-state index is 5.00. The summed E-state index contributed by atoms with van der Waals surface area (Å²) in [6, 6.07) is 4.37. The highest BCUT2D eigenvalue weighted by atomic mass is 127. The molecule has 0 aliphatic rings. The summed E-state index contributed by atoms with van der Waals surface area (Å²) in [6.45, 7) is 4.65. The van der Waals surface area contributed by atoms with E-state index in [0.29, 0.717) is 0 Å². The summed E-state index contributed by atoms with van der Waals surface area (Å²) in [7, 11) is 3.51. The highest BCUT2D eigenvalue weighted by Crippen LogP contribution is 2.16. The third kappa shape index (κ3) is 7.74. The van der Waals surface area contributed by atoms with Gasteiger partial charge in [-0.05, 0) is 25.0 Å². The fourth-order valence-corrected chi connectivity index (χ4v) is 2.42. The molecule has 1 aromatic rings. The quantitative estimate of drug-likeness (QED) is 0.322. The Balaban J connectivity index is 0.00000324. The van der Waals surface area contributed by atoms with Crippen LogP contribution in [0.2, 0.25) is 0 Å². The van der Waals surface area contributed by atoms with Gasteiger partial charge in [0.25, 0.3) is 0 Å². The highest BCUT2D eigenvalue weighted by molar-refractivity contribution is 14.0. The first kappa shape index (κ1) is 18.7. The molecule has 0 fully saturated rings. The van der Waals surface area contributed by atoms with Crippen LogP contribution in [0.15, 0.2) is 17.1 Å². The Bertz CT molecular complexity index is 369. The van der Waals surface area contributed by atoms with Gasteiger partial charge in [0.1, 0.15) is 0 Å². The molecular formula is C13H24IN3OS. The van der Waals surface area contributed by atoms with E-state index in [2.05, 4.69) is 34.7 Å². The van der Waals surface area contributed by atoms with Crippen LogP contribution in [0, 0.1) is 0 Å². The molecule has 4 nitrogen and oxygen atoms in total. The lowest BCUT2D eigenvalue weighted by molar-refractivity contribution is 0.195. The van der Waals surface area contributed by atoms with Gasteiger partial charge in [0.2, 0.25) is 0 Å². The molecule has 1 aromatic heterocycles. The van der Waals surface area contributed by atoms with Gasteiger partial charge in [-0.1, -0.05) is 6.92 Å². The molecule has 110 valence electrons. The molecular weight excluding hydrogens is 373 g/mol. The summed E-state index contributed by atoms with van der Waals surface area (Å²) in [4.78, 5) is 6.95. The molecule has 0 aromatic carbocycles. The first-order chi connectivity index (χ1) is 8.80. The van der Waals surface area contributed by atoms with E-state index in [1.807, 2.05) is 11.3 Å². The Morgan fingerprint density at radius 3 is 2.63 bits per heavy atom. The van der Waals surface area contributed by atoms with Gasteiger partial charge in [0.05, 0.1) is 6.54 Å². The lowest BCUT2D eigenvalue weighted by atomic mass is 10.3. The lowest BCUT2D eigenvalue weighted by Gasteiger charge is -2.10. The van der Waals surface area contributed by atoms with Gasteiger partial charge < -0.3 is 15.4 Å². The van der Waals surface area contributed by atoms with Crippen molar-refractivity contribution in [2.75, 3.05) is 27.3 Å². The summed E-state index contributed by atoms with van der Waals surface area (Å²) in [5.74, 6) is 0.845. The van der Waals surface area contributed by atoms with E-state index >= 15 is 0 Å². The SMILES string of the molecule is CCc1ccc(CNC(=NC)NCCCOC)s1.I. The Kier molecular flexibility index (Phi) is 11.3. The van der Waals surface area contributed by atoms with Crippen molar-refractivity contribution in [2.24, 2.45) is 4.99 Å². The number of aliphatic imine (C=N–C) groups is 1. The maximum Gasteiger partial charge on any atom is 0.191 e. The van der Waals surface area contributed by atoms with Gasteiger partial charge in [-0.25, -0.2) is 0 Å². The second-order valence-corrected chi connectivity index (χ2v) is 5.17. The largest absolute Gasteiger partial charge is 0.385 e. The number of nitrogens with zero attached hydrogens (tertiary/aromatic N) is 1. The van der Waals surface area contributed by atoms with Crippen LogP contribution in [-0.4, -0.2) is 33.3 Å². The molecule has 0 aliphatic heterocycles. The average Bonchev–Trinajstić information content (AvgIpc) is 2.86. The summed E-state index contributed by atoms with van der Waals surface area (Å²) >= 11 is 1.85. The van der Waals surface area contributed by atoms with Gasteiger partial charge in [0.15, 0.2) is 5.96 Å². The molecule has 0 atom stereocenters. The van der Waals surface area contributed by atoms with Crippen molar-refractivity contribution >= 4 is 41.3 Å². The Labute approximate surface area is 137 Å². The van der Waals surface area contributed by atoms with E-state index in [0.717, 1.165) is 38.5 Å². The van der Waals surface area contributed by atoms with Crippen LogP contribution in [0.25, 0.3) is 0 Å². The summed E-state index contributed by atoms with van der Waals surface area (Å²) in [5.41, 5.74) is 0. The number of rotatable bonds is 7. The smallest absolute Gasteiger partial charge is 0.191 e. The minimum atomic E-state index is 0. The summed E-state index contributed by atoms with van der Waals surface area (Å²) in [6.07, 6.45) is 2.09. The zero-order valence-corrected chi connectivity index (χ0v) is 15.0. The van der Waals surface area contributed by atoms with Crippen molar-refractivity contribution in [1.29, 1.82) is 0 Å². The van der Waals surface area contributed by atoms with Crippen molar-refractivity contribution in [3.8, 4) is 0 Å². The standard InChI is InChI=1S/C13H23N3OS.HI/c1-4-11-6-7-12(18-11)10-16-13(14-2)15-8-5-9-17-3;/h6-7H,4-5,8-10H2,1-3H3,(H2,14,15,16);1H. The van der Waals surface area contributed by atoms with E-state index < -0.39 is 0 Å². The third-order valence-electron chi connectivity index (χ3n) is 2.54. The zero-order valence-electron chi connectivity index (χ0n) is 11.9. The van der Waals surface area contributed by atoms with Crippen LogP contribution < -0.4 is 10.6 Å². The third-order valence-corrected chi connectivity index (χ3v) is 3.77. The van der Waals surface area contributed by atoms with Gasteiger partial charge >= 0.3 is 0 Å². The van der Waals surface area contributed by atoms with Crippen LogP contribution >= 0.6 is 35.3 Å². The van der Waals surface area contributed by atoms with Gasteiger partial charge in [-0.15, -0.1) is 35.3 Å². The molecule has 0 saturated carbocycles. The first-order valence-corrected chi connectivity index (χ1v) is 7.12. The van der Waals surface area contributed by atoms with Crippen molar-refractivity contribution in [3.63, 3.8) is 0 Å². The summed E-state index contributed by atoms with van der Waals surface area (Å²) in [5, 5.41) is 6.57. The number of methoxy groups -OCH3 is 1. The molecule has 0 bridgehead atoms. The first-order valence-electron chi connectivity index (χ1n) is 6.31. The van der Waals surface area contributed by atoms with E-state index in [1.54, 1.807) is 14.2 Å². The molecule has 2 N–H and O–H groups in total. The van der Waals surface area contributed by atoms with E-state index in [-0.39, 0.29) is 24.0 Å². The zero-order chi connectivity index (χ0) is 13.2. The lowest BCUT2D eigenvalue weighted by Crippen LogP contribution is -2.37. The van der Waals surface area contributed by atoms with E-state index in [9.17, 15) is 0 Å². The number of thiophene rings is 1. The molecule has 0 amide bonds. The fourth-order valence-electron chi connectivity index (χ4n) is 1.52. The maximum atomic E-state index is 5.00. The number of hydrogen-bond donors (Lipinski definition) is 2. The number of halogens is 1. The molecule has 0 saturated heterocycles. The van der Waals surface area contributed by atoms with Crippen LogP contribution in [0.5, 0.6) is 0 Å². The van der Waals surface area contributed by atoms with Crippen LogP contribution in [-0.2, 0) is 17.7 Å². The number of ether oxygens (including phenoxy) is 1. The predicted molar refractivity (Wildman–Crippen MR) is 93.8 cm³/mol. The molecule has 6 heteroatoms. The van der Waals surface area contributed by atoms with Gasteiger partial charge in [-0.2, -0.15) is 0 Å². The number of guanidine groups is 1. The number of hydrogen-bond acceptors (Lipinski definition) is 3. The average molecular weight is 397 g/mol. The van der Waals surface area contributed by atoms with E-state index in [1.165, 1.54) is 9.75 Å². The normalized spacial score (nSPS) is 11.0. The fraction of sp³-hybridized carbons (Fsp3) is 0.615. The van der Waals surface area contributed by atoms with Crippen molar-refractivity contribution in [2.45, 2.75) is 26.3 Å².